The number of nitrogens with zero attached hydrogens (tertiary/aromatic N) is 2. The summed E-state index contributed by atoms with van der Waals surface area (Å²) in [6.07, 6.45) is 0. The number of rotatable bonds is 2. The molecule has 0 aliphatic rings. The van der Waals surface area contributed by atoms with Crippen LogP contribution in [0.2, 0.25) is 0 Å². The molecule has 19 heavy (non-hydrogen) atoms. The summed E-state index contributed by atoms with van der Waals surface area (Å²) in [5.41, 5.74) is 4.54. The van der Waals surface area contributed by atoms with E-state index in [9.17, 15) is 4.79 Å². The van der Waals surface area contributed by atoms with Crippen LogP contribution in [0.1, 0.15) is 16.8 Å². The van der Waals surface area contributed by atoms with Crippen LogP contribution in [-0.4, -0.2) is 16.9 Å². The van der Waals surface area contributed by atoms with E-state index >= 15 is 0 Å². The number of hydrogen-bond donors (Lipinski definition) is 0. The van der Waals surface area contributed by atoms with Gasteiger partial charge in [0, 0.05) is 18.2 Å². The maximum absolute atomic E-state index is 12.0. The van der Waals surface area contributed by atoms with Gasteiger partial charge >= 0.3 is 0 Å². The monoisotopic (exact) mass is 258 g/mol. The maximum Gasteiger partial charge on any atom is 0.270 e. The summed E-state index contributed by atoms with van der Waals surface area (Å²) in [6, 6.07) is 5.84. The summed E-state index contributed by atoms with van der Waals surface area (Å²) in [6.45, 7) is 5.77. The quantitative estimate of drug-likeness (QED) is 0.830. The third-order valence-corrected chi connectivity index (χ3v) is 3.35. The Bertz CT molecular complexity index is 687. The van der Waals surface area contributed by atoms with Gasteiger partial charge < -0.3 is 4.74 Å². The van der Waals surface area contributed by atoms with E-state index in [0.29, 0.717) is 0 Å². The molecule has 0 aliphatic heterocycles. The van der Waals surface area contributed by atoms with Gasteiger partial charge in [0.15, 0.2) is 0 Å². The molecule has 0 bridgehead atoms. The molecule has 1 heterocycles. The first kappa shape index (κ1) is 13.3. The van der Waals surface area contributed by atoms with Crippen LogP contribution >= 0.6 is 0 Å². The molecule has 0 atom stereocenters. The van der Waals surface area contributed by atoms with Crippen molar-refractivity contribution in [2.45, 2.75) is 20.8 Å². The van der Waals surface area contributed by atoms with Crippen LogP contribution in [0.4, 0.5) is 0 Å². The van der Waals surface area contributed by atoms with Gasteiger partial charge in [-0.15, -0.1) is 0 Å². The minimum atomic E-state index is -0.0594. The summed E-state index contributed by atoms with van der Waals surface area (Å²) < 4.78 is 6.59. The highest BCUT2D eigenvalue weighted by molar-refractivity contribution is 5.72. The van der Waals surface area contributed by atoms with E-state index < -0.39 is 0 Å². The summed E-state index contributed by atoms with van der Waals surface area (Å²) in [4.78, 5) is 12.0. The van der Waals surface area contributed by atoms with Gasteiger partial charge in [-0.25, -0.2) is 4.68 Å². The molecule has 2 rings (SSSR count). The van der Waals surface area contributed by atoms with Gasteiger partial charge in [-0.1, -0.05) is 6.07 Å². The van der Waals surface area contributed by atoms with Crippen molar-refractivity contribution in [2.75, 3.05) is 7.11 Å². The van der Waals surface area contributed by atoms with Crippen LogP contribution in [-0.2, 0) is 7.05 Å². The number of aryl methyl sites for hydroxylation is 3. The minimum Gasteiger partial charge on any atom is -0.497 e. The third kappa shape index (κ3) is 2.26. The molecule has 0 unspecified atom stereocenters. The second-order valence-electron chi connectivity index (χ2n) is 4.70. The van der Waals surface area contributed by atoms with Gasteiger partial charge in [-0.05, 0) is 44.0 Å². The fraction of sp³-hybridized carbons (Fsp3) is 0.333. The van der Waals surface area contributed by atoms with Crippen molar-refractivity contribution >= 4 is 0 Å². The predicted octanol–water partition coefficient (Wildman–Crippen LogP) is 2.38. The van der Waals surface area contributed by atoms with E-state index in [2.05, 4.69) is 5.10 Å². The Kier molecular flexibility index (Phi) is 3.42. The normalized spacial score (nSPS) is 10.6. The molecule has 4 heteroatoms. The highest BCUT2D eigenvalue weighted by Gasteiger charge is 2.14. The molecular weight excluding hydrogens is 240 g/mol. The molecule has 0 spiro atoms. The molecular formula is C15H18N2O2. The topological polar surface area (TPSA) is 44.1 Å². The average molecular weight is 258 g/mol. The number of benzene rings is 1. The molecule has 2 aromatic rings. The van der Waals surface area contributed by atoms with Crippen LogP contribution in [0.25, 0.3) is 11.1 Å². The second-order valence-corrected chi connectivity index (χ2v) is 4.70. The summed E-state index contributed by atoms with van der Waals surface area (Å²) in [5, 5.41) is 4.27. The summed E-state index contributed by atoms with van der Waals surface area (Å²) in [5.74, 6) is 0.813. The van der Waals surface area contributed by atoms with E-state index in [1.54, 1.807) is 14.2 Å². The van der Waals surface area contributed by atoms with Crippen molar-refractivity contribution < 1.29 is 4.74 Å². The van der Waals surface area contributed by atoms with Crippen molar-refractivity contribution in [3.63, 3.8) is 0 Å². The van der Waals surface area contributed by atoms with Crippen molar-refractivity contribution in [3.8, 4) is 16.9 Å². The van der Waals surface area contributed by atoms with Crippen LogP contribution in [0.5, 0.6) is 5.75 Å². The first-order chi connectivity index (χ1) is 8.95. The molecule has 0 aliphatic carbocycles. The number of ether oxygens (including phenoxy) is 1. The average Bonchev–Trinajstić information content (AvgIpc) is 2.38. The number of methoxy groups -OCH3 is 1. The second kappa shape index (κ2) is 4.88. The minimum absolute atomic E-state index is 0.0594. The van der Waals surface area contributed by atoms with E-state index in [-0.39, 0.29) is 5.56 Å². The highest BCUT2D eigenvalue weighted by atomic mass is 16.5. The lowest BCUT2D eigenvalue weighted by Gasteiger charge is -2.13. The first-order valence-electron chi connectivity index (χ1n) is 6.15. The molecule has 100 valence electrons. The summed E-state index contributed by atoms with van der Waals surface area (Å²) >= 11 is 0. The lowest BCUT2D eigenvalue weighted by Crippen LogP contribution is -2.24. The molecule has 0 saturated carbocycles. The van der Waals surface area contributed by atoms with Crippen LogP contribution in [0.3, 0.4) is 0 Å². The number of hydrogen-bond acceptors (Lipinski definition) is 3. The Morgan fingerprint density at radius 2 is 1.89 bits per heavy atom. The van der Waals surface area contributed by atoms with E-state index in [0.717, 1.165) is 33.7 Å². The van der Waals surface area contributed by atoms with Gasteiger partial charge in [-0.2, -0.15) is 5.10 Å². The lowest BCUT2D eigenvalue weighted by molar-refractivity contribution is 0.414. The standard InChI is InChI=1S/C15H18N2O2/c1-9-8-12(19-5)6-7-13(9)14-10(2)15(18)17(4)16-11(14)3/h6-8H,1-5H3. The van der Waals surface area contributed by atoms with Gasteiger partial charge in [0.05, 0.1) is 12.8 Å². The zero-order valence-corrected chi connectivity index (χ0v) is 11.9. The van der Waals surface area contributed by atoms with Crippen LogP contribution in [0.15, 0.2) is 23.0 Å². The lowest BCUT2D eigenvalue weighted by atomic mass is 9.96. The fourth-order valence-corrected chi connectivity index (χ4v) is 2.38. The molecule has 0 saturated heterocycles. The number of aromatic nitrogens is 2. The van der Waals surface area contributed by atoms with Gasteiger partial charge in [0.2, 0.25) is 0 Å². The fourth-order valence-electron chi connectivity index (χ4n) is 2.38. The molecule has 0 radical (unpaired) electrons. The predicted molar refractivity (Wildman–Crippen MR) is 75.7 cm³/mol. The maximum atomic E-state index is 12.0. The van der Waals surface area contributed by atoms with E-state index in [4.69, 9.17) is 4.74 Å². The molecule has 1 aromatic carbocycles. The van der Waals surface area contributed by atoms with Crippen LogP contribution < -0.4 is 10.3 Å². The first-order valence-corrected chi connectivity index (χ1v) is 6.15. The van der Waals surface area contributed by atoms with Crippen molar-refractivity contribution in [1.29, 1.82) is 0 Å². The van der Waals surface area contributed by atoms with Crippen molar-refractivity contribution in [1.82, 2.24) is 9.78 Å². The van der Waals surface area contributed by atoms with E-state index in [1.165, 1.54) is 4.68 Å². The Labute approximate surface area is 112 Å². The largest absolute Gasteiger partial charge is 0.497 e. The zero-order valence-electron chi connectivity index (χ0n) is 11.9. The van der Waals surface area contributed by atoms with Gasteiger partial charge in [-0.3, -0.25) is 4.79 Å². The summed E-state index contributed by atoms with van der Waals surface area (Å²) in [7, 11) is 3.32. The molecule has 1 aromatic heterocycles. The molecule has 4 nitrogen and oxygen atoms in total. The zero-order chi connectivity index (χ0) is 14.2. The molecule has 0 fully saturated rings. The Hall–Kier alpha value is -2.10. The Balaban J connectivity index is 2.73. The highest BCUT2D eigenvalue weighted by Crippen LogP contribution is 2.29. The van der Waals surface area contributed by atoms with Crippen LogP contribution in [0, 0.1) is 20.8 Å². The smallest absolute Gasteiger partial charge is 0.270 e. The Morgan fingerprint density at radius 1 is 1.21 bits per heavy atom. The SMILES string of the molecule is COc1ccc(-c2c(C)nn(C)c(=O)c2C)c(C)c1. The molecule has 0 N–H and O–H groups in total. The Morgan fingerprint density at radius 3 is 2.47 bits per heavy atom. The van der Waals surface area contributed by atoms with E-state index in [1.807, 2.05) is 39.0 Å². The van der Waals surface area contributed by atoms with Gasteiger partial charge in [0.1, 0.15) is 5.75 Å². The molecule has 0 amide bonds. The van der Waals surface area contributed by atoms with Crippen molar-refractivity contribution in [2.24, 2.45) is 7.05 Å². The van der Waals surface area contributed by atoms with Gasteiger partial charge in [0.25, 0.3) is 5.56 Å². The van der Waals surface area contributed by atoms with Crippen molar-refractivity contribution in [3.05, 3.63) is 45.4 Å². The third-order valence-electron chi connectivity index (χ3n) is 3.35.